The van der Waals surface area contributed by atoms with Gasteiger partial charge in [-0.15, -0.1) is 0 Å². The lowest BCUT2D eigenvalue weighted by Gasteiger charge is -2.18. The van der Waals surface area contributed by atoms with Gasteiger partial charge in [-0.2, -0.15) is 4.99 Å². The van der Waals surface area contributed by atoms with Crippen LogP contribution >= 0.6 is 23.4 Å². The molecule has 0 aromatic heterocycles. The van der Waals surface area contributed by atoms with Crippen LogP contribution in [0.1, 0.15) is 13.3 Å². The van der Waals surface area contributed by atoms with Crippen molar-refractivity contribution in [2.24, 2.45) is 4.99 Å². The number of benzene rings is 1. The fourth-order valence-corrected chi connectivity index (χ4v) is 3.17. The minimum absolute atomic E-state index is 0.0641. The molecule has 22 heavy (non-hydrogen) atoms. The number of nitrogens with one attached hydrogen (secondary N) is 1. The molecule has 0 atom stereocenters. The molecule has 2 amide bonds. The second-order valence-corrected chi connectivity index (χ2v) is 5.96. The monoisotopic (exact) mass is 342 g/mol. The van der Waals surface area contributed by atoms with Crippen LogP contribution in [0.5, 0.6) is 0 Å². The number of amides is 2. The van der Waals surface area contributed by atoms with E-state index in [0.29, 0.717) is 29.7 Å². The number of para-hydroxylation sites is 1. The second kappa shape index (κ2) is 7.46. The standard InChI is InChI=1S/C13H15ClN4O3S/c1-2-6-15-12(19)16-13-17(7-8-22-13)10-5-3-4-9(14)11(10)18(20)21/h3-5H,2,6-8H2,1H3,(H,15,19). The van der Waals surface area contributed by atoms with Gasteiger partial charge >= 0.3 is 11.7 Å². The van der Waals surface area contributed by atoms with Gasteiger partial charge < -0.3 is 10.2 Å². The van der Waals surface area contributed by atoms with E-state index >= 15 is 0 Å². The predicted octanol–water partition coefficient (Wildman–Crippen LogP) is 3.28. The summed E-state index contributed by atoms with van der Waals surface area (Å²) < 4.78 is 0. The van der Waals surface area contributed by atoms with Crippen LogP contribution in [-0.2, 0) is 0 Å². The fourth-order valence-electron chi connectivity index (χ4n) is 1.98. The van der Waals surface area contributed by atoms with Gasteiger partial charge in [0.05, 0.1) is 4.92 Å². The molecule has 1 heterocycles. The SMILES string of the molecule is CCCNC(=O)N=C1SCCN1c1cccc(Cl)c1[N+](=O)[O-]. The fraction of sp³-hybridized carbons (Fsp3) is 0.385. The summed E-state index contributed by atoms with van der Waals surface area (Å²) in [5, 5.41) is 14.4. The van der Waals surface area contributed by atoms with Gasteiger partial charge in [-0.3, -0.25) is 10.1 Å². The Morgan fingerprint density at radius 2 is 2.36 bits per heavy atom. The van der Waals surface area contributed by atoms with Crippen LogP contribution in [0.2, 0.25) is 5.02 Å². The van der Waals surface area contributed by atoms with E-state index in [1.807, 2.05) is 6.92 Å². The van der Waals surface area contributed by atoms with Gasteiger partial charge in [-0.1, -0.05) is 36.4 Å². The van der Waals surface area contributed by atoms with Crippen LogP contribution in [0.3, 0.4) is 0 Å². The maximum atomic E-state index is 11.7. The molecule has 2 rings (SSSR count). The number of aliphatic imine (C=N–C) groups is 1. The van der Waals surface area contributed by atoms with E-state index in [2.05, 4.69) is 10.3 Å². The number of halogens is 1. The predicted molar refractivity (Wildman–Crippen MR) is 89.0 cm³/mol. The molecule has 1 saturated heterocycles. The highest BCUT2D eigenvalue weighted by molar-refractivity contribution is 8.14. The lowest BCUT2D eigenvalue weighted by molar-refractivity contribution is -0.383. The van der Waals surface area contributed by atoms with Crippen LogP contribution in [0.15, 0.2) is 23.2 Å². The highest BCUT2D eigenvalue weighted by Gasteiger charge is 2.29. The quantitative estimate of drug-likeness (QED) is 0.670. The first-order chi connectivity index (χ1) is 10.5. The molecule has 0 bridgehead atoms. The van der Waals surface area contributed by atoms with Gasteiger partial charge in [-0.25, -0.2) is 4.79 Å². The molecule has 0 radical (unpaired) electrons. The minimum atomic E-state index is -0.518. The van der Waals surface area contributed by atoms with Crippen molar-refractivity contribution in [3.05, 3.63) is 33.3 Å². The molecule has 0 aliphatic carbocycles. The number of hydrogen-bond donors (Lipinski definition) is 1. The number of thioether (sulfide) groups is 1. The second-order valence-electron chi connectivity index (χ2n) is 4.49. The third-order valence-corrected chi connectivity index (χ3v) is 4.20. The van der Waals surface area contributed by atoms with E-state index in [4.69, 9.17) is 11.6 Å². The Bertz CT molecular complexity index is 623. The van der Waals surface area contributed by atoms with Crippen molar-refractivity contribution in [1.82, 2.24) is 5.32 Å². The van der Waals surface area contributed by atoms with Crippen LogP contribution in [-0.4, -0.2) is 35.0 Å². The first-order valence-electron chi connectivity index (χ1n) is 6.74. The zero-order chi connectivity index (χ0) is 16.1. The molecule has 0 spiro atoms. The molecule has 7 nitrogen and oxygen atoms in total. The van der Waals surface area contributed by atoms with Gasteiger partial charge in [-0.05, 0) is 18.6 Å². The summed E-state index contributed by atoms with van der Waals surface area (Å²) in [6, 6.07) is 4.27. The molecule has 1 aromatic rings. The number of hydrogen-bond acceptors (Lipinski definition) is 4. The smallest absolute Gasteiger partial charge is 0.336 e. The zero-order valence-electron chi connectivity index (χ0n) is 11.9. The molecular weight excluding hydrogens is 328 g/mol. The summed E-state index contributed by atoms with van der Waals surface area (Å²) in [6.45, 7) is 3.02. The summed E-state index contributed by atoms with van der Waals surface area (Å²) in [6.07, 6.45) is 0.813. The van der Waals surface area contributed by atoms with Crippen molar-refractivity contribution in [1.29, 1.82) is 0 Å². The molecule has 0 saturated carbocycles. The van der Waals surface area contributed by atoms with E-state index in [0.717, 1.165) is 6.42 Å². The molecular formula is C13H15ClN4O3S. The molecule has 1 N–H and O–H groups in total. The van der Waals surface area contributed by atoms with E-state index in [-0.39, 0.29) is 10.7 Å². The highest BCUT2D eigenvalue weighted by atomic mass is 35.5. The summed E-state index contributed by atoms with van der Waals surface area (Å²) in [5.41, 5.74) is 0.179. The number of anilines is 1. The number of carbonyl (C=O) groups excluding carboxylic acids is 1. The zero-order valence-corrected chi connectivity index (χ0v) is 13.5. The maximum absolute atomic E-state index is 11.7. The van der Waals surface area contributed by atoms with Gasteiger partial charge in [0.15, 0.2) is 5.17 Å². The van der Waals surface area contributed by atoms with Crippen molar-refractivity contribution in [2.75, 3.05) is 23.7 Å². The van der Waals surface area contributed by atoms with Crippen LogP contribution < -0.4 is 10.2 Å². The number of nitrogens with zero attached hydrogens (tertiary/aromatic N) is 3. The van der Waals surface area contributed by atoms with Crippen LogP contribution in [0.25, 0.3) is 0 Å². The summed E-state index contributed by atoms with van der Waals surface area (Å²) in [5.74, 6) is 0.698. The first kappa shape index (κ1) is 16.6. The summed E-state index contributed by atoms with van der Waals surface area (Å²) >= 11 is 7.31. The molecule has 1 aliphatic rings. The molecule has 9 heteroatoms. The third-order valence-electron chi connectivity index (χ3n) is 2.94. The molecule has 1 aromatic carbocycles. The lowest BCUT2D eigenvalue weighted by Crippen LogP contribution is -2.28. The lowest BCUT2D eigenvalue weighted by atomic mass is 10.2. The van der Waals surface area contributed by atoms with E-state index in [1.165, 1.54) is 17.8 Å². The topological polar surface area (TPSA) is 87.8 Å². The van der Waals surface area contributed by atoms with Gasteiger partial charge in [0, 0.05) is 18.8 Å². The molecule has 1 aliphatic heterocycles. The van der Waals surface area contributed by atoms with Crippen molar-refractivity contribution in [3.63, 3.8) is 0 Å². The summed E-state index contributed by atoms with van der Waals surface area (Å²) in [7, 11) is 0. The number of rotatable bonds is 4. The van der Waals surface area contributed by atoms with Crippen molar-refractivity contribution in [3.8, 4) is 0 Å². The Morgan fingerprint density at radius 1 is 1.59 bits per heavy atom. The van der Waals surface area contributed by atoms with Gasteiger partial charge in [0.2, 0.25) is 0 Å². The van der Waals surface area contributed by atoms with Crippen molar-refractivity contribution >= 4 is 45.9 Å². The highest BCUT2D eigenvalue weighted by Crippen LogP contribution is 2.38. The third kappa shape index (κ3) is 3.69. The minimum Gasteiger partial charge on any atom is -0.336 e. The van der Waals surface area contributed by atoms with Gasteiger partial charge in [0.25, 0.3) is 0 Å². The summed E-state index contributed by atoms with van der Waals surface area (Å²) in [4.78, 5) is 28.1. The first-order valence-corrected chi connectivity index (χ1v) is 8.10. The molecule has 118 valence electrons. The molecule has 0 unspecified atom stereocenters. The Hall–Kier alpha value is -1.80. The van der Waals surface area contributed by atoms with Crippen LogP contribution in [0.4, 0.5) is 16.2 Å². The number of urea groups is 1. The van der Waals surface area contributed by atoms with Crippen LogP contribution in [0, 0.1) is 10.1 Å². The average molecular weight is 343 g/mol. The van der Waals surface area contributed by atoms with E-state index < -0.39 is 11.0 Å². The number of nitro benzene ring substituents is 1. The number of amidine groups is 1. The van der Waals surface area contributed by atoms with E-state index in [1.54, 1.807) is 17.0 Å². The van der Waals surface area contributed by atoms with Crippen molar-refractivity contribution < 1.29 is 9.72 Å². The normalized spacial score (nSPS) is 16.1. The Morgan fingerprint density at radius 3 is 3.05 bits per heavy atom. The van der Waals surface area contributed by atoms with Crippen molar-refractivity contribution in [2.45, 2.75) is 13.3 Å². The number of carbonyl (C=O) groups is 1. The maximum Gasteiger partial charge on any atom is 0.343 e. The molecule has 1 fully saturated rings. The average Bonchev–Trinajstić information content (AvgIpc) is 2.92. The van der Waals surface area contributed by atoms with E-state index in [9.17, 15) is 14.9 Å². The largest absolute Gasteiger partial charge is 0.343 e. The Labute approximate surface area is 136 Å². The van der Waals surface area contributed by atoms with Gasteiger partial charge in [0.1, 0.15) is 10.7 Å². The number of nitro groups is 1. The Balaban J connectivity index is 2.32. The Kier molecular flexibility index (Phi) is 5.62.